The number of anilines is 1. The van der Waals surface area contributed by atoms with Crippen LogP contribution in [0, 0.1) is 23.7 Å². The summed E-state index contributed by atoms with van der Waals surface area (Å²) in [6.07, 6.45) is 0. The number of nitrogens with one attached hydrogen (secondary N) is 1. The van der Waals surface area contributed by atoms with E-state index in [2.05, 4.69) is 11.4 Å². The zero-order valence-corrected chi connectivity index (χ0v) is 10.9. The third-order valence-corrected chi connectivity index (χ3v) is 3.57. The van der Waals surface area contributed by atoms with E-state index in [0.29, 0.717) is 17.9 Å². The lowest BCUT2D eigenvalue weighted by Crippen LogP contribution is -2.43. The van der Waals surface area contributed by atoms with Gasteiger partial charge in [0.1, 0.15) is 11.5 Å². The van der Waals surface area contributed by atoms with E-state index in [1.165, 1.54) is 0 Å². The molecule has 2 rings (SSSR count). The van der Waals surface area contributed by atoms with E-state index in [-0.39, 0.29) is 12.6 Å². The number of benzene rings is 1. The van der Waals surface area contributed by atoms with Crippen LogP contribution in [0.15, 0.2) is 18.2 Å². The Labute approximate surface area is 111 Å². The van der Waals surface area contributed by atoms with Crippen LogP contribution in [0.1, 0.15) is 18.1 Å². The molecule has 1 aliphatic rings. The minimum atomic E-state index is -0.976. The average Bonchev–Trinajstić information content (AvgIpc) is 2.73. The topological polar surface area (TPSA) is 82.3 Å². The van der Waals surface area contributed by atoms with Gasteiger partial charge in [-0.3, -0.25) is 4.79 Å². The fourth-order valence-corrected chi connectivity index (χ4v) is 2.15. The van der Waals surface area contributed by atoms with Gasteiger partial charge >= 0.3 is 5.97 Å². The molecule has 2 atom stereocenters. The van der Waals surface area contributed by atoms with Gasteiger partial charge in [-0.1, -0.05) is 6.07 Å². The largest absolute Gasteiger partial charge is 0.481 e. The van der Waals surface area contributed by atoms with Crippen molar-refractivity contribution in [3.8, 4) is 6.07 Å². The van der Waals surface area contributed by atoms with Crippen LogP contribution >= 0.6 is 0 Å². The van der Waals surface area contributed by atoms with Crippen LogP contribution in [-0.2, 0) is 9.53 Å². The van der Waals surface area contributed by atoms with Gasteiger partial charge in [0.25, 0.3) is 0 Å². The molecule has 1 saturated heterocycles. The Morgan fingerprint density at radius 1 is 1.63 bits per heavy atom. The summed E-state index contributed by atoms with van der Waals surface area (Å²) in [5.74, 6) is -0.895. The van der Waals surface area contributed by atoms with Crippen LogP contribution in [0.2, 0.25) is 0 Å². The van der Waals surface area contributed by atoms with Crippen LogP contribution in [0.25, 0.3) is 0 Å². The van der Waals surface area contributed by atoms with E-state index >= 15 is 0 Å². The van der Waals surface area contributed by atoms with Gasteiger partial charge < -0.3 is 15.2 Å². The number of carbonyl (C=O) groups is 1. The molecule has 0 amide bonds. The average molecular weight is 260 g/mol. The molecule has 1 aromatic rings. The molecule has 2 N–H and O–H groups in total. The summed E-state index contributed by atoms with van der Waals surface area (Å²) in [7, 11) is 0. The lowest BCUT2D eigenvalue weighted by Gasteiger charge is -2.26. The SMILES string of the molecule is Cc1ccc(C#N)c(NC2COCC2(C)C(=O)O)c1. The molecular weight excluding hydrogens is 244 g/mol. The zero-order chi connectivity index (χ0) is 14.0. The molecule has 2 unspecified atom stereocenters. The number of nitriles is 1. The summed E-state index contributed by atoms with van der Waals surface area (Å²) in [6, 6.07) is 7.18. The smallest absolute Gasteiger partial charge is 0.313 e. The van der Waals surface area contributed by atoms with Gasteiger partial charge in [-0.25, -0.2) is 0 Å². The Morgan fingerprint density at radius 2 is 2.37 bits per heavy atom. The first kappa shape index (κ1) is 13.4. The van der Waals surface area contributed by atoms with Gasteiger partial charge in [-0.05, 0) is 31.5 Å². The summed E-state index contributed by atoms with van der Waals surface area (Å²) in [5.41, 5.74) is 1.20. The van der Waals surface area contributed by atoms with E-state index in [4.69, 9.17) is 10.00 Å². The number of aryl methyl sites for hydroxylation is 1. The number of hydrogen-bond acceptors (Lipinski definition) is 4. The van der Waals surface area contributed by atoms with Gasteiger partial charge in [0.2, 0.25) is 0 Å². The van der Waals surface area contributed by atoms with Gasteiger partial charge in [-0.2, -0.15) is 5.26 Å². The van der Waals surface area contributed by atoms with Crippen molar-refractivity contribution in [2.24, 2.45) is 5.41 Å². The molecule has 0 saturated carbocycles. The number of carboxylic acid groups (broad SMARTS) is 1. The number of nitrogens with zero attached hydrogens (tertiary/aromatic N) is 1. The van der Waals surface area contributed by atoms with Crippen LogP contribution in [0.3, 0.4) is 0 Å². The molecular formula is C14H16N2O3. The normalized spacial score (nSPS) is 25.8. The standard InChI is InChI=1S/C14H16N2O3/c1-9-3-4-10(6-15)11(5-9)16-12-7-19-8-14(12,2)13(17)18/h3-5,12,16H,7-8H2,1-2H3,(H,17,18). The quantitative estimate of drug-likeness (QED) is 0.865. The van der Waals surface area contributed by atoms with Gasteiger partial charge in [0, 0.05) is 0 Å². The molecule has 0 spiro atoms. The molecule has 1 aliphatic heterocycles. The summed E-state index contributed by atoms with van der Waals surface area (Å²) >= 11 is 0. The third-order valence-electron chi connectivity index (χ3n) is 3.57. The number of hydrogen-bond donors (Lipinski definition) is 2. The third kappa shape index (κ3) is 2.40. The predicted molar refractivity (Wildman–Crippen MR) is 69.9 cm³/mol. The van der Waals surface area contributed by atoms with Crippen LogP contribution in [0.4, 0.5) is 5.69 Å². The summed E-state index contributed by atoms with van der Waals surface area (Å²) < 4.78 is 5.28. The second-order valence-corrected chi connectivity index (χ2v) is 5.10. The molecule has 0 aliphatic carbocycles. The maximum atomic E-state index is 11.4. The minimum absolute atomic E-state index is 0.174. The zero-order valence-electron chi connectivity index (χ0n) is 10.9. The Bertz CT molecular complexity index is 550. The molecule has 19 heavy (non-hydrogen) atoms. The Morgan fingerprint density at radius 3 is 3.00 bits per heavy atom. The van der Waals surface area contributed by atoms with E-state index in [1.807, 2.05) is 19.1 Å². The first-order valence-corrected chi connectivity index (χ1v) is 6.06. The highest BCUT2D eigenvalue weighted by Gasteiger charge is 2.46. The van der Waals surface area contributed by atoms with Crippen LogP contribution in [0.5, 0.6) is 0 Å². The second-order valence-electron chi connectivity index (χ2n) is 5.10. The Hall–Kier alpha value is -2.06. The summed E-state index contributed by atoms with van der Waals surface area (Å²) in [6.45, 7) is 4.07. The first-order chi connectivity index (χ1) is 8.97. The van der Waals surface area contributed by atoms with E-state index in [0.717, 1.165) is 5.56 Å². The van der Waals surface area contributed by atoms with Crippen molar-refractivity contribution in [1.29, 1.82) is 5.26 Å². The van der Waals surface area contributed by atoms with Gasteiger partial charge in [-0.15, -0.1) is 0 Å². The lowest BCUT2D eigenvalue weighted by atomic mass is 9.85. The maximum absolute atomic E-state index is 11.4. The van der Waals surface area contributed by atoms with Crippen LogP contribution in [-0.4, -0.2) is 30.3 Å². The maximum Gasteiger partial charge on any atom is 0.313 e. The minimum Gasteiger partial charge on any atom is -0.481 e. The van der Waals surface area contributed by atoms with Crippen molar-refractivity contribution in [3.05, 3.63) is 29.3 Å². The fraction of sp³-hybridized carbons (Fsp3) is 0.429. The highest BCUT2D eigenvalue weighted by atomic mass is 16.5. The molecule has 1 aromatic carbocycles. The number of carboxylic acids is 1. The monoisotopic (exact) mass is 260 g/mol. The second kappa shape index (κ2) is 4.90. The predicted octanol–water partition coefficient (Wildman–Crippen LogP) is 1.77. The molecule has 5 heteroatoms. The Balaban J connectivity index is 2.29. The number of aliphatic carboxylic acids is 1. The molecule has 1 heterocycles. The van der Waals surface area contributed by atoms with E-state index < -0.39 is 11.4 Å². The molecule has 100 valence electrons. The van der Waals surface area contributed by atoms with Gasteiger partial charge in [0.15, 0.2) is 0 Å². The molecule has 1 fully saturated rings. The van der Waals surface area contributed by atoms with E-state index in [9.17, 15) is 9.90 Å². The Kier molecular flexibility index (Phi) is 3.45. The van der Waals surface area contributed by atoms with Crippen molar-refractivity contribution >= 4 is 11.7 Å². The highest BCUT2D eigenvalue weighted by Crippen LogP contribution is 2.32. The van der Waals surface area contributed by atoms with Crippen molar-refractivity contribution in [3.63, 3.8) is 0 Å². The molecule has 0 aromatic heterocycles. The number of rotatable bonds is 3. The van der Waals surface area contributed by atoms with Gasteiger partial charge in [0.05, 0.1) is 30.5 Å². The highest BCUT2D eigenvalue weighted by molar-refractivity contribution is 5.77. The molecule has 0 bridgehead atoms. The lowest BCUT2D eigenvalue weighted by molar-refractivity contribution is -0.148. The number of ether oxygens (including phenoxy) is 1. The van der Waals surface area contributed by atoms with Crippen molar-refractivity contribution in [1.82, 2.24) is 0 Å². The van der Waals surface area contributed by atoms with Crippen molar-refractivity contribution in [2.75, 3.05) is 18.5 Å². The van der Waals surface area contributed by atoms with Crippen molar-refractivity contribution in [2.45, 2.75) is 19.9 Å². The van der Waals surface area contributed by atoms with Crippen molar-refractivity contribution < 1.29 is 14.6 Å². The van der Waals surface area contributed by atoms with E-state index in [1.54, 1.807) is 13.0 Å². The van der Waals surface area contributed by atoms with Crippen LogP contribution < -0.4 is 5.32 Å². The molecule has 0 radical (unpaired) electrons. The summed E-state index contributed by atoms with van der Waals surface area (Å²) in [5, 5.41) is 21.5. The first-order valence-electron chi connectivity index (χ1n) is 6.06. The fourth-order valence-electron chi connectivity index (χ4n) is 2.15. The summed E-state index contributed by atoms with van der Waals surface area (Å²) in [4.78, 5) is 11.4. The molecule has 5 nitrogen and oxygen atoms in total.